The van der Waals surface area contributed by atoms with Gasteiger partial charge in [0.25, 0.3) is 0 Å². The van der Waals surface area contributed by atoms with Crippen molar-refractivity contribution in [3.63, 3.8) is 0 Å². The van der Waals surface area contributed by atoms with Gasteiger partial charge in [0.2, 0.25) is 0 Å². The first kappa shape index (κ1) is 19.0. The van der Waals surface area contributed by atoms with E-state index in [4.69, 9.17) is 0 Å². The van der Waals surface area contributed by atoms with E-state index in [2.05, 4.69) is 16.0 Å². The lowest BCUT2D eigenvalue weighted by atomic mass is 10.0. The SMILES string of the molecule is Cc1cccc(-c2ccncc2N2CCN(C(=O)NCC(F)(F)F)CC2)c1. The van der Waals surface area contributed by atoms with Gasteiger partial charge < -0.3 is 15.1 Å². The molecule has 0 unspecified atom stereocenters. The number of piperazine rings is 1. The molecule has 1 fully saturated rings. The molecule has 1 saturated heterocycles. The van der Waals surface area contributed by atoms with Crippen molar-refractivity contribution in [2.45, 2.75) is 13.1 Å². The predicted octanol–water partition coefficient (Wildman–Crippen LogP) is 3.45. The molecule has 3 rings (SSSR count). The number of alkyl halides is 3. The van der Waals surface area contributed by atoms with Crippen LogP contribution in [-0.4, -0.2) is 54.8 Å². The molecule has 27 heavy (non-hydrogen) atoms. The summed E-state index contributed by atoms with van der Waals surface area (Å²) >= 11 is 0. The largest absolute Gasteiger partial charge is 0.405 e. The Bertz CT molecular complexity index is 802. The van der Waals surface area contributed by atoms with E-state index in [-0.39, 0.29) is 0 Å². The molecule has 0 saturated carbocycles. The van der Waals surface area contributed by atoms with Crippen molar-refractivity contribution in [2.24, 2.45) is 0 Å². The maximum Gasteiger partial charge on any atom is 0.405 e. The minimum atomic E-state index is -4.41. The Balaban J connectivity index is 1.68. The molecule has 1 aromatic heterocycles. The maximum atomic E-state index is 12.3. The zero-order valence-electron chi connectivity index (χ0n) is 15.0. The summed E-state index contributed by atoms with van der Waals surface area (Å²) < 4.78 is 36.8. The molecule has 0 bridgehead atoms. The smallest absolute Gasteiger partial charge is 0.366 e. The number of nitrogens with zero attached hydrogens (tertiary/aromatic N) is 3. The number of halogens is 3. The fraction of sp³-hybridized carbons (Fsp3) is 0.368. The van der Waals surface area contributed by atoms with E-state index in [1.54, 1.807) is 12.4 Å². The van der Waals surface area contributed by atoms with Gasteiger partial charge in [0, 0.05) is 37.9 Å². The molecule has 5 nitrogen and oxygen atoms in total. The van der Waals surface area contributed by atoms with Gasteiger partial charge in [0.05, 0.1) is 11.9 Å². The standard InChI is InChI=1S/C19H21F3N4O/c1-14-3-2-4-15(11-14)16-5-6-23-12-17(16)25-7-9-26(10-8-25)18(27)24-13-19(20,21)22/h2-6,11-12H,7-10,13H2,1H3,(H,24,27). The normalized spacial score (nSPS) is 15.0. The summed E-state index contributed by atoms with van der Waals surface area (Å²) in [5, 5.41) is 1.92. The summed E-state index contributed by atoms with van der Waals surface area (Å²) in [5.41, 5.74) is 4.24. The Labute approximate surface area is 155 Å². The van der Waals surface area contributed by atoms with Crippen molar-refractivity contribution < 1.29 is 18.0 Å². The van der Waals surface area contributed by atoms with Crippen LogP contribution in [0.4, 0.5) is 23.7 Å². The minimum absolute atomic E-state index is 0.353. The molecule has 0 radical (unpaired) electrons. The van der Waals surface area contributed by atoms with E-state index in [9.17, 15) is 18.0 Å². The van der Waals surface area contributed by atoms with Crippen molar-refractivity contribution in [2.75, 3.05) is 37.6 Å². The summed E-state index contributed by atoms with van der Waals surface area (Å²) in [6.45, 7) is 2.49. The number of pyridine rings is 1. The second kappa shape index (κ2) is 7.85. The van der Waals surface area contributed by atoms with Gasteiger partial charge in [0.1, 0.15) is 6.54 Å². The number of hydrogen-bond acceptors (Lipinski definition) is 3. The third-order valence-electron chi connectivity index (χ3n) is 4.48. The number of anilines is 1. The maximum absolute atomic E-state index is 12.3. The van der Waals surface area contributed by atoms with E-state index in [1.807, 2.05) is 36.5 Å². The molecule has 2 aromatic rings. The molecule has 0 atom stereocenters. The predicted molar refractivity (Wildman–Crippen MR) is 97.6 cm³/mol. The number of amides is 2. The molecule has 2 heterocycles. The summed E-state index contributed by atoms with van der Waals surface area (Å²) in [5.74, 6) is 0. The third kappa shape index (κ3) is 4.90. The lowest BCUT2D eigenvalue weighted by Crippen LogP contribution is -2.53. The fourth-order valence-corrected chi connectivity index (χ4v) is 3.13. The van der Waals surface area contributed by atoms with Gasteiger partial charge in [-0.05, 0) is 18.6 Å². The molecule has 0 aliphatic carbocycles. The summed E-state index contributed by atoms with van der Waals surface area (Å²) in [4.78, 5) is 19.6. The van der Waals surface area contributed by atoms with Crippen LogP contribution in [0.1, 0.15) is 5.56 Å². The molecular weight excluding hydrogens is 357 g/mol. The van der Waals surface area contributed by atoms with E-state index in [1.165, 1.54) is 4.90 Å². The Morgan fingerprint density at radius 1 is 1.19 bits per heavy atom. The van der Waals surface area contributed by atoms with Crippen LogP contribution in [0.3, 0.4) is 0 Å². The first-order valence-corrected chi connectivity index (χ1v) is 8.69. The van der Waals surface area contributed by atoms with Crippen molar-refractivity contribution >= 4 is 11.7 Å². The highest BCUT2D eigenvalue weighted by Crippen LogP contribution is 2.31. The monoisotopic (exact) mass is 378 g/mol. The van der Waals surface area contributed by atoms with E-state index in [0.717, 1.165) is 22.4 Å². The van der Waals surface area contributed by atoms with Crippen LogP contribution in [0.2, 0.25) is 0 Å². The van der Waals surface area contributed by atoms with E-state index in [0.29, 0.717) is 26.2 Å². The Morgan fingerprint density at radius 2 is 1.93 bits per heavy atom. The van der Waals surface area contributed by atoms with Gasteiger partial charge in [-0.15, -0.1) is 0 Å². The number of hydrogen-bond donors (Lipinski definition) is 1. The van der Waals surface area contributed by atoms with Gasteiger partial charge in [-0.25, -0.2) is 4.79 Å². The van der Waals surface area contributed by atoms with Gasteiger partial charge >= 0.3 is 12.2 Å². The van der Waals surface area contributed by atoms with Gasteiger partial charge in [-0.2, -0.15) is 13.2 Å². The highest BCUT2D eigenvalue weighted by atomic mass is 19.4. The lowest BCUT2D eigenvalue weighted by molar-refractivity contribution is -0.123. The van der Waals surface area contributed by atoms with Crippen molar-refractivity contribution in [3.8, 4) is 11.1 Å². The number of nitrogens with one attached hydrogen (secondary N) is 1. The number of aromatic nitrogens is 1. The Morgan fingerprint density at radius 3 is 2.59 bits per heavy atom. The highest BCUT2D eigenvalue weighted by Gasteiger charge is 2.30. The molecule has 2 amide bonds. The van der Waals surface area contributed by atoms with E-state index < -0.39 is 18.8 Å². The molecule has 1 N–H and O–H groups in total. The summed E-state index contributed by atoms with van der Waals surface area (Å²) in [6.07, 6.45) is -0.880. The van der Waals surface area contributed by atoms with Gasteiger partial charge in [-0.1, -0.05) is 29.8 Å². The summed E-state index contributed by atoms with van der Waals surface area (Å²) in [6, 6.07) is 9.43. The number of benzene rings is 1. The zero-order valence-corrected chi connectivity index (χ0v) is 15.0. The Kier molecular flexibility index (Phi) is 5.53. The van der Waals surface area contributed by atoms with Crippen LogP contribution < -0.4 is 10.2 Å². The van der Waals surface area contributed by atoms with E-state index >= 15 is 0 Å². The van der Waals surface area contributed by atoms with Crippen LogP contribution in [0.5, 0.6) is 0 Å². The van der Waals surface area contributed by atoms with Crippen LogP contribution in [0.15, 0.2) is 42.7 Å². The number of urea groups is 1. The average molecular weight is 378 g/mol. The fourth-order valence-electron chi connectivity index (χ4n) is 3.13. The van der Waals surface area contributed by atoms with Crippen molar-refractivity contribution in [1.29, 1.82) is 0 Å². The van der Waals surface area contributed by atoms with Crippen LogP contribution >= 0.6 is 0 Å². The summed E-state index contributed by atoms with van der Waals surface area (Å²) in [7, 11) is 0. The van der Waals surface area contributed by atoms with Crippen LogP contribution in [-0.2, 0) is 0 Å². The van der Waals surface area contributed by atoms with Crippen LogP contribution in [0.25, 0.3) is 11.1 Å². The number of rotatable bonds is 3. The second-order valence-corrected chi connectivity index (χ2v) is 6.51. The molecule has 144 valence electrons. The molecular formula is C19H21F3N4O. The highest BCUT2D eigenvalue weighted by molar-refractivity contribution is 5.79. The van der Waals surface area contributed by atoms with Crippen molar-refractivity contribution in [1.82, 2.24) is 15.2 Å². The first-order chi connectivity index (χ1) is 12.8. The first-order valence-electron chi connectivity index (χ1n) is 8.69. The third-order valence-corrected chi connectivity index (χ3v) is 4.48. The molecule has 8 heteroatoms. The van der Waals surface area contributed by atoms with Gasteiger partial charge in [-0.3, -0.25) is 4.98 Å². The minimum Gasteiger partial charge on any atom is -0.366 e. The second-order valence-electron chi connectivity index (χ2n) is 6.51. The number of carbonyl (C=O) groups excluding carboxylic acids is 1. The molecule has 1 aromatic carbocycles. The number of carbonyl (C=O) groups is 1. The number of aryl methyl sites for hydroxylation is 1. The Hall–Kier alpha value is -2.77. The zero-order chi connectivity index (χ0) is 19.4. The quantitative estimate of drug-likeness (QED) is 0.890. The molecule has 1 aliphatic rings. The topological polar surface area (TPSA) is 48.5 Å². The average Bonchev–Trinajstić information content (AvgIpc) is 2.66. The van der Waals surface area contributed by atoms with Crippen LogP contribution in [0, 0.1) is 6.92 Å². The van der Waals surface area contributed by atoms with Gasteiger partial charge in [0.15, 0.2) is 0 Å². The molecule has 0 spiro atoms. The molecule has 1 aliphatic heterocycles. The van der Waals surface area contributed by atoms with Crippen molar-refractivity contribution in [3.05, 3.63) is 48.3 Å². The lowest BCUT2D eigenvalue weighted by Gasteiger charge is -2.36.